The first-order valence-corrected chi connectivity index (χ1v) is 9.95. The lowest BCUT2D eigenvalue weighted by Gasteiger charge is -2.10. The van der Waals surface area contributed by atoms with Crippen LogP contribution in [-0.2, 0) is 6.42 Å². The molecule has 28 heavy (non-hydrogen) atoms. The minimum atomic E-state index is -0.00547. The molecule has 0 aliphatic rings. The van der Waals surface area contributed by atoms with E-state index in [-0.39, 0.29) is 5.78 Å². The number of carbonyl (C=O) groups excluding carboxylic acids is 1. The molecule has 4 rings (SSSR count). The summed E-state index contributed by atoms with van der Waals surface area (Å²) in [6.07, 6.45) is 0.702. The fourth-order valence-electron chi connectivity index (χ4n) is 3.21. The number of hydrogen-bond donors (Lipinski definition) is 0. The molecule has 4 aromatic rings. The van der Waals surface area contributed by atoms with Crippen molar-refractivity contribution >= 4 is 27.2 Å². The molecule has 0 N–H and O–H groups in total. The highest BCUT2D eigenvalue weighted by molar-refractivity contribution is 7.21. The van der Waals surface area contributed by atoms with Gasteiger partial charge in [-0.1, -0.05) is 60.7 Å². The Hall–Kier alpha value is -3.11. The Balaban J connectivity index is 1.63. The van der Waals surface area contributed by atoms with E-state index < -0.39 is 0 Å². The molecular formula is C24H20O3S. The standard InChI is InChI=1S/C24H20O3S/c1-26-20-13-7-5-9-17(20)15-16-27-23-19-12-6-8-14-21(19)28-24(23)22(25)18-10-3-2-4-11-18/h2-14H,15-16H2,1H3. The highest BCUT2D eigenvalue weighted by Gasteiger charge is 2.21. The van der Waals surface area contributed by atoms with Crippen molar-refractivity contribution < 1.29 is 14.3 Å². The lowest BCUT2D eigenvalue weighted by atomic mass is 10.1. The van der Waals surface area contributed by atoms with Gasteiger partial charge in [-0.25, -0.2) is 0 Å². The summed E-state index contributed by atoms with van der Waals surface area (Å²) in [5, 5.41) is 0.979. The van der Waals surface area contributed by atoms with Gasteiger partial charge in [-0.05, 0) is 23.8 Å². The van der Waals surface area contributed by atoms with Crippen LogP contribution < -0.4 is 9.47 Å². The summed E-state index contributed by atoms with van der Waals surface area (Å²) in [4.78, 5) is 13.7. The zero-order valence-corrected chi connectivity index (χ0v) is 16.4. The molecule has 0 saturated carbocycles. The molecule has 0 aliphatic heterocycles. The van der Waals surface area contributed by atoms with Crippen LogP contribution in [0.3, 0.4) is 0 Å². The minimum Gasteiger partial charge on any atom is -0.496 e. The lowest BCUT2D eigenvalue weighted by Crippen LogP contribution is -2.06. The van der Waals surface area contributed by atoms with Crippen LogP contribution in [0.1, 0.15) is 20.8 Å². The monoisotopic (exact) mass is 388 g/mol. The largest absolute Gasteiger partial charge is 0.496 e. The third kappa shape index (κ3) is 3.64. The van der Waals surface area contributed by atoms with Gasteiger partial charge in [-0.15, -0.1) is 11.3 Å². The lowest BCUT2D eigenvalue weighted by molar-refractivity contribution is 0.103. The number of fused-ring (bicyclic) bond motifs is 1. The summed E-state index contributed by atoms with van der Waals surface area (Å²) < 4.78 is 12.6. The van der Waals surface area contributed by atoms with Crippen LogP contribution in [0, 0.1) is 0 Å². The van der Waals surface area contributed by atoms with E-state index in [0.29, 0.717) is 29.2 Å². The van der Waals surface area contributed by atoms with Crippen LogP contribution >= 0.6 is 11.3 Å². The second kappa shape index (κ2) is 8.28. The third-order valence-electron chi connectivity index (χ3n) is 4.60. The third-order valence-corrected chi connectivity index (χ3v) is 5.75. The average Bonchev–Trinajstić information content (AvgIpc) is 3.13. The normalized spacial score (nSPS) is 10.8. The van der Waals surface area contributed by atoms with E-state index >= 15 is 0 Å². The number of thiophene rings is 1. The Morgan fingerprint density at radius 2 is 1.61 bits per heavy atom. The summed E-state index contributed by atoms with van der Waals surface area (Å²) in [5.41, 5.74) is 1.75. The van der Waals surface area contributed by atoms with Gasteiger partial charge >= 0.3 is 0 Å². The van der Waals surface area contributed by atoms with Crippen LogP contribution in [0.2, 0.25) is 0 Å². The summed E-state index contributed by atoms with van der Waals surface area (Å²) in [7, 11) is 1.67. The molecule has 0 saturated heterocycles. The summed E-state index contributed by atoms with van der Waals surface area (Å²) in [6.45, 7) is 0.468. The Labute approximate surface area is 168 Å². The van der Waals surface area contributed by atoms with E-state index in [1.54, 1.807) is 7.11 Å². The smallest absolute Gasteiger partial charge is 0.206 e. The minimum absolute atomic E-state index is 0.00547. The first kappa shape index (κ1) is 18.3. The maximum atomic E-state index is 13.1. The second-order valence-corrected chi connectivity index (χ2v) is 7.41. The molecule has 140 valence electrons. The fraction of sp³-hybridized carbons (Fsp3) is 0.125. The van der Waals surface area contributed by atoms with Gasteiger partial charge in [0, 0.05) is 22.1 Å². The van der Waals surface area contributed by atoms with Crippen molar-refractivity contribution in [3.8, 4) is 11.5 Å². The SMILES string of the molecule is COc1ccccc1CCOc1c(C(=O)c2ccccc2)sc2ccccc12. The van der Waals surface area contributed by atoms with Crippen LogP contribution in [-0.4, -0.2) is 19.5 Å². The maximum absolute atomic E-state index is 13.1. The quantitative estimate of drug-likeness (QED) is 0.378. The number of para-hydroxylation sites is 1. The predicted octanol–water partition coefficient (Wildman–Crippen LogP) is 5.76. The van der Waals surface area contributed by atoms with E-state index in [0.717, 1.165) is 21.4 Å². The number of carbonyl (C=O) groups is 1. The second-order valence-electron chi connectivity index (χ2n) is 6.36. The molecule has 0 fully saturated rings. The summed E-state index contributed by atoms with van der Waals surface area (Å²) >= 11 is 1.48. The zero-order chi connectivity index (χ0) is 19.3. The summed E-state index contributed by atoms with van der Waals surface area (Å²) in [6, 6.07) is 25.2. The highest BCUT2D eigenvalue weighted by atomic mass is 32.1. The van der Waals surface area contributed by atoms with Crippen LogP contribution in [0.4, 0.5) is 0 Å². The molecule has 3 nitrogen and oxygen atoms in total. The van der Waals surface area contributed by atoms with Gasteiger partial charge in [-0.2, -0.15) is 0 Å². The molecule has 3 aromatic carbocycles. The van der Waals surface area contributed by atoms with E-state index in [4.69, 9.17) is 9.47 Å². The Morgan fingerprint density at radius 1 is 0.893 bits per heavy atom. The molecule has 0 aliphatic carbocycles. The van der Waals surface area contributed by atoms with Crippen molar-refractivity contribution in [2.75, 3.05) is 13.7 Å². The first-order valence-electron chi connectivity index (χ1n) is 9.14. The van der Waals surface area contributed by atoms with Gasteiger partial charge < -0.3 is 9.47 Å². The van der Waals surface area contributed by atoms with Gasteiger partial charge in [0.1, 0.15) is 16.4 Å². The zero-order valence-electron chi connectivity index (χ0n) is 15.6. The molecular weight excluding hydrogens is 368 g/mol. The van der Waals surface area contributed by atoms with Gasteiger partial charge in [0.2, 0.25) is 5.78 Å². The molecule has 0 atom stereocenters. The van der Waals surface area contributed by atoms with Gasteiger partial charge in [0.25, 0.3) is 0 Å². The van der Waals surface area contributed by atoms with Crippen molar-refractivity contribution in [2.24, 2.45) is 0 Å². The number of methoxy groups -OCH3 is 1. The van der Waals surface area contributed by atoms with E-state index in [2.05, 4.69) is 0 Å². The van der Waals surface area contributed by atoms with Gasteiger partial charge in [0.05, 0.1) is 13.7 Å². The van der Waals surface area contributed by atoms with Crippen molar-refractivity contribution in [3.05, 3.63) is 94.9 Å². The molecule has 0 spiro atoms. The Bertz CT molecular complexity index is 1100. The summed E-state index contributed by atoms with van der Waals surface area (Å²) in [5.74, 6) is 1.51. The Kier molecular flexibility index (Phi) is 5.40. The van der Waals surface area contributed by atoms with Crippen molar-refractivity contribution in [3.63, 3.8) is 0 Å². The number of benzene rings is 3. The molecule has 1 heterocycles. The molecule has 1 aromatic heterocycles. The average molecular weight is 388 g/mol. The van der Waals surface area contributed by atoms with Gasteiger partial charge in [-0.3, -0.25) is 4.79 Å². The van der Waals surface area contributed by atoms with Gasteiger partial charge in [0.15, 0.2) is 0 Å². The van der Waals surface area contributed by atoms with Crippen molar-refractivity contribution in [1.82, 2.24) is 0 Å². The van der Waals surface area contributed by atoms with Crippen LogP contribution in [0.25, 0.3) is 10.1 Å². The topological polar surface area (TPSA) is 35.5 Å². The Morgan fingerprint density at radius 3 is 2.43 bits per heavy atom. The number of rotatable bonds is 7. The first-order chi connectivity index (χ1) is 13.8. The molecule has 0 amide bonds. The maximum Gasteiger partial charge on any atom is 0.206 e. The predicted molar refractivity (Wildman–Crippen MR) is 114 cm³/mol. The van der Waals surface area contributed by atoms with Crippen LogP contribution in [0.5, 0.6) is 11.5 Å². The van der Waals surface area contributed by atoms with E-state index in [9.17, 15) is 4.79 Å². The number of hydrogen-bond acceptors (Lipinski definition) is 4. The molecule has 0 unspecified atom stereocenters. The van der Waals surface area contributed by atoms with Crippen molar-refractivity contribution in [2.45, 2.75) is 6.42 Å². The highest BCUT2D eigenvalue weighted by Crippen LogP contribution is 2.39. The van der Waals surface area contributed by atoms with Crippen molar-refractivity contribution in [1.29, 1.82) is 0 Å². The van der Waals surface area contributed by atoms with E-state index in [1.165, 1.54) is 11.3 Å². The van der Waals surface area contributed by atoms with Crippen LogP contribution in [0.15, 0.2) is 78.9 Å². The molecule has 4 heteroatoms. The molecule has 0 radical (unpaired) electrons. The number of ether oxygens (including phenoxy) is 2. The fourth-order valence-corrected chi connectivity index (χ4v) is 4.32. The van der Waals surface area contributed by atoms with E-state index in [1.807, 2.05) is 78.9 Å². The molecule has 0 bridgehead atoms. The number of ketones is 1.